The molecule has 1 spiro atoms. The van der Waals surface area contributed by atoms with Crippen molar-refractivity contribution in [3.05, 3.63) is 41.3 Å². The van der Waals surface area contributed by atoms with Crippen LogP contribution in [0.2, 0.25) is 0 Å². The number of nitrogens with zero attached hydrogens (tertiary/aromatic N) is 5. The van der Waals surface area contributed by atoms with E-state index < -0.39 is 0 Å². The third-order valence-electron chi connectivity index (χ3n) is 5.93. The predicted molar refractivity (Wildman–Crippen MR) is 124 cm³/mol. The first-order valence-electron chi connectivity index (χ1n) is 10.1. The van der Waals surface area contributed by atoms with Crippen molar-refractivity contribution in [1.82, 2.24) is 25.0 Å². The fraction of sp³-hybridized carbons (Fsp3) is 0.571. The molecule has 1 N–H and O–H groups in total. The Kier molecular flexibility index (Phi) is 6.62. The first-order chi connectivity index (χ1) is 13.1. The molecule has 6 nitrogen and oxygen atoms in total. The summed E-state index contributed by atoms with van der Waals surface area (Å²) < 4.78 is 1.88. The van der Waals surface area contributed by atoms with E-state index in [0.29, 0.717) is 12.0 Å². The number of hydrogen-bond donors (Lipinski definition) is 1. The number of halogens is 1. The maximum atomic E-state index is 4.88. The molecule has 0 bridgehead atoms. The summed E-state index contributed by atoms with van der Waals surface area (Å²) in [6, 6.07) is 6.19. The van der Waals surface area contributed by atoms with E-state index in [-0.39, 0.29) is 24.0 Å². The van der Waals surface area contributed by atoms with Crippen molar-refractivity contribution in [1.29, 1.82) is 0 Å². The van der Waals surface area contributed by atoms with E-state index in [1.165, 1.54) is 25.7 Å². The Morgan fingerprint density at radius 3 is 2.61 bits per heavy atom. The van der Waals surface area contributed by atoms with Gasteiger partial charge in [-0.25, -0.2) is 14.7 Å². The van der Waals surface area contributed by atoms with Gasteiger partial charge in [-0.3, -0.25) is 0 Å². The van der Waals surface area contributed by atoms with Gasteiger partial charge in [0.25, 0.3) is 0 Å². The Bertz CT molecular complexity index is 822. The molecule has 7 heteroatoms. The molecule has 1 aliphatic heterocycles. The largest absolute Gasteiger partial charge is 0.357 e. The third kappa shape index (κ3) is 4.34. The zero-order valence-corrected chi connectivity index (χ0v) is 19.4. The topological polar surface area (TPSA) is 58.3 Å². The molecule has 0 aromatic carbocycles. The van der Waals surface area contributed by atoms with Gasteiger partial charge in [-0.2, -0.15) is 5.10 Å². The van der Waals surface area contributed by atoms with Crippen LogP contribution in [0.25, 0.3) is 5.82 Å². The summed E-state index contributed by atoms with van der Waals surface area (Å²) in [4.78, 5) is 11.9. The molecule has 0 unspecified atom stereocenters. The van der Waals surface area contributed by atoms with Gasteiger partial charge in [-0.1, -0.05) is 12.5 Å². The summed E-state index contributed by atoms with van der Waals surface area (Å²) >= 11 is 0. The molecule has 0 radical (unpaired) electrons. The van der Waals surface area contributed by atoms with E-state index in [2.05, 4.69) is 39.4 Å². The lowest BCUT2D eigenvalue weighted by molar-refractivity contribution is 0.151. The molecular weight excluding hydrogens is 463 g/mol. The van der Waals surface area contributed by atoms with Crippen LogP contribution in [0.5, 0.6) is 0 Å². The minimum atomic E-state index is 0. The summed E-state index contributed by atoms with van der Waals surface area (Å²) in [6.07, 6.45) is 7.41. The van der Waals surface area contributed by atoms with Gasteiger partial charge in [0.2, 0.25) is 0 Å². The first kappa shape index (κ1) is 21.1. The molecule has 1 saturated heterocycles. The summed E-state index contributed by atoms with van der Waals surface area (Å²) in [5.74, 6) is 1.90. The highest BCUT2D eigenvalue weighted by atomic mass is 127. The molecule has 2 aromatic heterocycles. The second-order valence-corrected chi connectivity index (χ2v) is 8.06. The fourth-order valence-corrected chi connectivity index (χ4v) is 4.29. The van der Waals surface area contributed by atoms with Crippen molar-refractivity contribution in [2.24, 2.45) is 10.4 Å². The lowest BCUT2D eigenvalue weighted by Gasteiger charge is -2.38. The van der Waals surface area contributed by atoms with Crippen molar-refractivity contribution < 1.29 is 0 Å². The Morgan fingerprint density at radius 1 is 1.25 bits per heavy atom. The van der Waals surface area contributed by atoms with Crippen LogP contribution in [0, 0.1) is 19.3 Å². The van der Waals surface area contributed by atoms with Crippen LogP contribution in [-0.4, -0.2) is 45.3 Å². The molecular formula is C21H31IN6. The Labute approximate surface area is 184 Å². The summed E-state index contributed by atoms with van der Waals surface area (Å²) in [6.45, 7) is 10.0. The standard InChI is InChI=1S/C21H30N6.HI/c1-4-22-20(26-11-10-21(15-26)8-5-9-21)24-14-18-6-7-19(23-13-18)27-17(3)12-16(2)25-27;/h6-7,12-13H,4-5,8-11,14-15H2,1-3H3,(H,22,24);1H. The number of guanidine groups is 1. The number of rotatable bonds is 4. The van der Waals surface area contributed by atoms with Crippen molar-refractivity contribution in [3.63, 3.8) is 0 Å². The van der Waals surface area contributed by atoms with E-state index in [9.17, 15) is 0 Å². The molecule has 28 heavy (non-hydrogen) atoms. The van der Waals surface area contributed by atoms with Gasteiger partial charge in [0.15, 0.2) is 11.8 Å². The second kappa shape index (κ2) is 8.80. The van der Waals surface area contributed by atoms with Gasteiger partial charge in [-0.15, -0.1) is 24.0 Å². The Balaban J connectivity index is 0.00000225. The quantitative estimate of drug-likeness (QED) is 0.399. The number of aromatic nitrogens is 3. The van der Waals surface area contributed by atoms with Gasteiger partial charge >= 0.3 is 0 Å². The smallest absolute Gasteiger partial charge is 0.194 e. The van der Waals surface area contributed by atoms with E-state index in [1.807, 2.05) is 30.8 Å². The molecule has 3 heterocycles. The third-order valence-corrected chi connectivity index (χ3v) is 5.93. The number of nitrogens with one attached hydrogen (secondary N) is 1. The molecule has 1 saturated carbocycles. The lowest BCUT2D eigenvalue weighted by atomic mass is 9.68. The van der Waals surface area contributed by atoms with Gasteiger partial charge in [0.1, 0.15) is 0 Å². The van der Waals surface area contributed by atoms with Crippen LogP contribution >= 0.6 is 24.0 Å². The maximum Gasteiger partial charge on any atom is 0.194 e. The fourth-order valence-electron chi connectivity index (χ4n) is 4.29. The molecule has 2 aliphatic rings. The number of likely N-dealkylation sites (tertiary alicyclic amines) is 1. The normalized spacial score (nSPS) is 18.1. The van der Waals surface area contributed by atoms with E-state index in [1.54, 1.807) is 0 Å². The number of hydrogen-bond acceptors (Lipinski definition) is 3. The Morgan fingerprint density at radius 2 is 2.07 bits per heavy atom. The van der Waals surface area contributed by atoms with Crippen LogP contribution in [0.1, 0.15) is 49.6 Å². The molecule has 0 amide bonds. The van der Waals surface area contributed by atoms with E-state index in [0.717, 1.165) is 48.4 Å². The molecule has 2 fully saturated rings. The average molecular weight is 494 g/mol. The van der Waals surface area contributed by atoms with Crippen LogP contribution in [0.4, 0.5) is 0 Å². The number of pyridine rings is 1. The number of aryl methyl sites for hydroxylation is 2. The van der Waals surface area contributed by atoms with Crippen LogP contribution in [0.3, 0.4) is 0 Å². The summed E-state index contributed by atoms with van der Waals surface area (Å²) in [5, 5.41) is 7.97. The zero-order valence-electron chi connectivity index (χ0n) is 17.1. The van der Waals surface area contributed by atoms with Crippen molar-refractivity contribution in [2.45, 2.75) is 53.0 Å². The predicted octanol–water partition coefficient (Wildman–Crippen LogP) is 3.84. The molecule has 152 valence electrons. The van der Waals surface area contributed by atoms with Crippen molar-refractivity contribution in [3.8, 4) is 5.82 Å². The molecule has 2 aromatic rings. The minimum absolute atomic E-state index is 0. The van der Waals surface area contributed by atoms with E-state index >= 15 is 0 Å². The molecule has 1 aliphatic carbocycles. The summed E-state index contributed by atoms with van der Waals surface area (Å²) in [7, 11) is 0. The minimum Gasteiger partial charge on any atom is -0.357 e. The zero-order chi connectivity index (χ0) is 18.9. The number of aliphatic imine (C=N–C) groups is 1. The first-order valence-corrected chi connectivity index (χ1v) is 10.1. The van der Waals surface area contributed by atoms with E-state index in [4.69, 9.17) is 4.99 Å². The summed E-state index contributed by atoms with van der Waals surface area (Å²) in [5.41, 5.74) is 3.81. The van der Waals surface area contributed by atoms with Crippen molar-refractivity contribution in [2.75, 3.05) is 19.6 Å². The highest BCUT2D eigenvalue weighted by Gasteiger charge is 2.43. The van der Waals surface area contributed by atoms with Crippen LogP contribution in [-0.2, 0) is 6.54 Å². The maximum absolute atomic E-state index is 4.88. The highest BCUT2D eigenvalue weighted by Crippen LogP contribution is 2.47. The molecule has 0 atom stereocenters. The van der Waals surface area contributed by atoms with Gasteiger partial charge in [-0.05, 0) is 63.1 Å². The van der Waals surface area contributed by atoms with Gasteiger partial charge in [0.05, 0.1) is 12.2 Å². The highest BCUT2D eigenvalue weighted by molar-refractivity contribution is 14.0. The average Bonchev–Trinajstić information content (AvgIpc) is 3.23. The monoisotopic (exact) mass is 494 g/mol. The van der Waals surface area contributed by atoms with Gasteiger partial charge < -0.3 is 10.2 Å². The van der Waals surface area contributed by atoms with Crippen LogP contribution < -0.4 is 5.32 Å². The Hall–Kier alpha value is -1.64. The lowest BCUT2D eigenvalue weighted by Crippen LogP contribution is -2.42. The van der Waals surface area contributed by atoms with Gasteiger partial charge in [0, 0.05) is 31.5 Å². The van der Waals surface area contributed by atoms with Crippen LogP contribution in [0.15, 0.2) is 29.4 Å². The molecule has 4 rings (SSSR count). The second-order valence-electron chi connectivity index (χ2n) is 8.06. The SMILES string of the molecule is CCNC(=NCc1ccc(-n2nc(C)cc2C)nc1)N1CCC2(CCC2)C1.I. The van der Waals surface area contributed by atoms with Crippen molar-refractivity contribution >= 4 is 29.9 Å².